The molecule has 1 aromatic carbocycles. The van der Waals surface area contributed by atoms with Crippen molar-refractivity contribution in [2.45, 2.75) is 13.1 Å². The van der Waals surface area contributed by atoms with Crippen LogP contribution in [0.4, 0.5) is 0 Å². The summed E-state index contributed by atoms with van der Waals surface area (Å²) in [7, 11) is 1.74. The molecule has 0 saturated heterocycles. The first-order valence-electron chi connectivity index (χ1n) is 6.90. The molecule has 3 rings (SSSR count). The summed E-state index contributed by atoms with van der Waals surface area (Å²) in [5.41, 5.74) is 2.05. The first-order valence-corrected chi connectivity index (χ1v) is 8.13. The number of ether oxygens (including phenoxy) is 1. The fourth-order valence-electron chi connectivity index (χ4n) is 2.28. The van der Waals surface area contributed by atoms with E-state index in [1.54, 1.807) is 18.0 Å². The highest BCUT2D eigenvalue weighted by atomic mass is 32.2. The molecule has 22 heavy (non-hydrogen) atoms. The van der Waals surface area contributed by atoms with E-state index in [1.807, 2.05) is 43.6 Å². The van der Waals surface area contributed by atoms with Crippen LogP contribution in [-0.4, -0.2) is 35.4 Å². The lowest BCUT2D eigenvalue weighted by atomic mass is 10.1. The average Bonchev–Trinajstić information content (AvgIpc) is 2.54. The third-order valence-corrected chi connectivity index (χ3v) is 4.15. The summed E-state index contributed by atoms with van der Waals surface area (Å²) in [5.74, 6) is 0.780. The van der Waals surface area contributed by atoms with Gasteiger partial charge in [-0.3, -0.25) is 4.79 Å². The minimum atomic E-state index is -0.290. The maximum absolute atomic E-state index is 12.5. The van der Waals surface area contributed by atoms with Crippen LogP contribution in [0.5, 0.6) is 5.75 Å². The van der Waals surface area contributed by atoms with E-state index in [4.69, 9.17) is 4.74 Å². The lowest BCUT2D eigenvalue weighted by Gasteiger charge is -2.33. The Morgan fingerprint density at radius 1 is 1.32 bits per heavy atom. The molecule has 0 fully saturated rings. The number of carbonyl (C=O) groups excluding carboxylic acids is 1. The van der Waals surface area contributed by atoms with Crippen LogP contribution >= 0.6 is 11.8 Å². The second kappa shape index (κ2) is 5.88. The van der Waals surface area contributed by atoms with Crippen molar-refractivity contribution in [2.24, 2.45) is 4.99 Å². The van der Waals surface area contributed by atoms with E-state index >= 15 is 0 Å². The van der Waals surface area contributed by atoms with E-state index in [2.05, 4.69) is 10.3 Å². The molecule has 5 nitrogen and oxygen atoms in total. The summed E-state index contributed by atoms with van der Waals surface area (Å²) >= 11 is 1.51. The van der Waals surface area contributed by atoms with Gasteiger partial charge in [0, 0.05) is 18.8 Å². The minimum Gasteiger partial charge on any atom is -0.452 e. The number of nitrogens with one attached hydrogen (secondary N) is 1. The average molecular weight is 315 g/mol. The molecule has 0 bridgehead atoms. The van der Waals surface area contributed by atoms with Gasteiger partial charge in [-0.05, 0) is 31.4 Å². The van der Waals surface area contributed by atoms with Gasteiger partial charge in [0.2, 0.25) is 0 Å². The van der Waals surface area contributed by atoms with E-state index in [0.29, 0.717) is 11.5 Å². The van der Waals surface area contributed by atoms with Gasteiger partial charge in [-0.1, -0.05) is 29.5 Å². The third-order valence-electron chi connectivity index (χ3n) is 3.54. The Morgan fingerprint density at radius 2 is 2.05 bits per heavy atom. The number of rotatable bonds is 2. The number of nitrogens with zero attached hydrogens (tertiary/aromatic N) is 2. The van der Waals surface area contributed by atoms with Gasteiger partial charge in [0.05, 0.1) is 0 Å². The Hall–Kier alpha value is -2.21. The van der Waals surface area contributed by atoms with Crippen LogP contribution in [0.25, 0.3) is 0 Å². The molecule has 0 spiro atoms. The van der Waals surface area contributed by atoms with Crippen LogP contribution in [-0.2, 0) is 4.79 Å². The van der Waals surface area contributed by atoms with Crippen LogP contribution in [0.15, 0.2) is 52.9 Å². The highest BCUT2D eigenvalue weighted by Crippen LogP contribution is 2.27. The van der Waals surface area contributed by atoms with Crippen molar-refractivity contribution in [3.63, 3.8) is 0 Å². The van der Waals surface area contributed by atoms with Crippen molar-refractivity contribution in [3.05, 3.63) is 53.4 Å². The van der Waals surface area contributed by atoms with E-state index in [1.165, 1.54) is 11.8 Å². The summed E-state index contributed by atoms with van der Waals surface area (Å²) in [6.45, 7) is 2.01. The van der Waals surface area contributed by atoms with Crippen molar-refractivity contribution in [1.82, 2.24) is 10.2 Å². The van der Waals surface area contributed by atoms with E-state index in [-0.39, 0.29) is 12.1 Å². The van der Waals surface area contributed by atoms with Gasteiger partial charge in [0.25, 0.3) is 5.91 Å². The molecular formula is C16H17N3O2S. The molecule has 1 N–H and O–H groups in total. The van der Waals surface area contributed by atoms with Crippen LogP contribution in [0.1, 0.15) is 5.56 Å². The molecule has 2 aliphatic rings. The molecule has 6 heteroatoms. The van der Waals surface area contributed by atoms with Crippen molar-refractivity contribution in [2.75, 3.05) is 13.3 Å². The number of likely N-dealkylation sites (N-methyl/N-ethyl adjacent to an activating group) is 1. The Balaban J connectivity index is 1.87. The van der Waals surface area contributed by atoms with Crippen LogP contribution in [0, 0.1) is 6.92 Å². The molecular weight excluding hydrogens is 298 g/mol. The number of thioether (sulfide) groups is 1. The maximum atomic E-state index is 12.5. The minimum absolute atomic E-state index is 0.172. The summed E-state index contributed by atoms with van der Waals surface area (Å²) < 4.78 is 5.74. The zero-order valence-corrected chi connectivity index (χ0v) is 13.5. The molecule has 0 aromatic heterocycles. The fourth-order valence-corrected chi connectivity index (χ4v) is 2.67. The predicted molar refractivity (Wildman–Crippen MR) is 88.6 cm³/mol. The number of amides is 1. The molecule has 2 aliphatic heterocycles. The highest BCUT2D eigenvalue weighted by Gasteiger charge is 2.33. The first kappa shape index (κ1) is 14.7. The fraction of sp³-hybridized carbons (Fsp3) is 0.250. The SMILES string of the molecule is CSC1=NC2C(=CN1)C=C(Oc1ccc(C)cc1)C(=O)N2C. The van der Waals surface area contributed by atoms with E-state index < -0.39 is 0 Å². The molecule has 1 atom stereocenters. The zero-order valence-electron chi connectivity index (χ0n) is 12.7. The van der Waals surface area contributed by atoms with Gasteiger partial charge in [-0.15, -0.1) is 0 Å². The Kier molecular flexibility index (Phi) is 3.94. The lowest BCUT2D eigenvalue weighted by molar-refractivity contribution is -0.130. The second-order valence-corrected chi connectivity index (χ2v) is 5.94. The number of hydrogen-bond donors (Lipinski definition) is 1. The molecule has 1 aromatic rings. The van der Waals surface area contributed by atoms with Crippen molar-refractivity contribution >= 4 is 22.8 Å². The second-order valence-electron chi connectivity index (χ2n) is 5.14. The van der Waals surface area contributed by atoms with Crippen LogP contribution in [0.2, 0.25) is 0 Å². The van der Waals surface area contributed by atoms with Crippen molar-refractivity contribution in [3.8, 4) is 5.75 Å². The third kappa shape index (κ3) is 2.74. The summed E-state index contributed by atoms with van der Waals surface area (Å²) in [4.78, 5) is 18.6. The molecule has 114 valence electrons. The molecule has 1 amide bonds. The molecule has 0 aliphatic carbocycles. The van der Waals surface area contributed by atoms with Crippen LogP contribution in [0.3, 0.4) is 0 Å². The van der Waals surface area contributed by atoms with Gasteiger partial charge in [-0.25, -0.2) is 4.99 Å². The lowest BCUT2D eigenvalue weighted by Crippen LogP contribution is -2.45. The van der Waals surface area contributed by atoms with Crippen LogP contribution < -0.4 is 10.1 Å². The Bertz CT molecular complexity index is 692. The first-order chi connectivity index (χ1) is 10.6. The van der Waals surface area contributed by atoms with Gasteiger partial charge in [0.15, 0.2) is 17.1 Å². The molecule has 2 heterocycles. The predicted octanol–water partition coefficient (Wildman–Crippen LogP) is 2.26. The number of fused-ring (bicyclic) bond motifs is 1. The number of benzene rings is 1. The maximum Gasteiger partial charge on any atom is 0.291 e. The Morgan fingerprint density at radius 3 is 2.73 bits per heavy atom. The van der Waals surface area contributed by atoms with E-state index in [9.17, 15) is 4.79 Å². The van der Waals surface area contributed by atoms with Gasteiger partial charge >= 0.3 is 0 Å². The quantitative estimate of drug-likeness (QED) is 0.909. The molecule has 1 unspecified atom stereocenters. The summed E-state index contributed by atoms with van der Waals surface area (Å²) in [5, 5.41) is 3.90. The summed E-state index contributed by atoms with van der Waals surface area (Å²) in [6.07, 6.45) is 5.27. The van der Waals surface area contributed by atoms with Crippen molar-refractivity contribution < 1.29 is 9.53 Å². The number of hydrogen-bond acceptors (Lipinski definition) is 5. The van der Waals surface area contributed by atoms with Crippen molar-refractivity contribution in [1.29, 1.82) is 0 Å². The largest absolute Gasteiger partial charge is 0.452 e. The number of amidine groups is 1. The normalized spacial score (nSPS) is 20.5. The number of aryl methyl sites for hydroxylation is 1. The topological polar surface area (TPSA) is 53.9 Å². The molecule has 0 saturated carbocycles. The highest BCUT2D eigenvalue weighted by molar-refractivity contribution is 8.13. The smallest absolute Gasteiger partial charge is 0.291 e. The van der Waals surface area contributed by atoms with Gasteiger partial charge in [0.1, 0.15) is 5.75 Å². The number of aliphatic imine (C=N–C) groups is 1. The van der Waals surface area contributed by atoms with E-state index in [0.717, 1.165) is 16.3 Å². The number of carbonyl (C=O) groups is 1. The Labute approximate surface area is 133 Å². The van der Waals surface area contributed by atoms with Gasteiger partial charge < -0.3 is 15.0 Å². The molecule has 0 radical (unpaired) electrons. The summed E-state index contributed by atoms with van der Waals surface area (Å²) in [6, 6.07) is 7.61. The zero-order chi connectivity index (χ0) is 15.7. The monoisotopic (exact) mass is 315 g/mol. The van der Waals surface area contributed by atoms with Gasteiger partial charge in [-0.2, -0.15) is 0 Å². The standard InChI is InChI=1S/C16H17N3O2S/c1-10-4-6-12(7-5-10)21-13-8-11-9-17-16(22-3)18-14(11)19(2)15(13)20/h4-9,14H,1-3H3,(H,17,18).